The van der Waals surface area contributed by atoms with Gasteiger partial charge >= 0.3 is 0 Å². The van der Waals surface area contributed by atoms with Crippen LogP contribution in [0.15, 0.2) is 63.9 Å². The zero-order valence-electron chi connectivity index (χ0n) is 18.3. The van der Waals surface area contributed by atoms with Crippen molar-refractivity contribution in [1.29, 1.82) is 0 Å². The molecule has 0 aliphatic heterocycles. The Labute approximate surface area is 194 Å². The van der Waals surface area contributed by atoms with E-state index in [1.807, 2.05) is 0 Å². The fourth-order valence-electron chi connectivity index (χ4n) is 3.46. The number of para-hydroxylation sites is 1. The highest BCUT2D eigenvalue weighted by atomic mass is 35.5. The molecule has 0 aliphatic carbocycles. The number of anilines is 1. The molecule has 4 rings (SSSR count). The van der Waals surface area contributed by atoms with Gasteiger partial charge in [-0.2, -0.15) is 4.98 Å². The molecule has 0 radical (unpaired) electrons. The van der Waals surface area contributed by atoms with Gasteiger partial charge in [-0.1, -0.05) is 28.9 Å². The standard InChI is InChI=1S/C24H21ClN4O4/c1-14-12-15(2)29(13-20(30)26-19-7-5-4-6-18(19)25)24(31)21(14)23-27-22(28-33-23)16-8-10-17(32-3)11-9-16/h4-12H,13H2,1-3H3,(H,26,30). The topological polar surface area (TPSA) is 99.3 Å². The Balaban J connectivity index is 1.64. The van der Waals surface area contributed by atoms with E-state index in [0.29, 0.717) is 33.5 Å². The Hall–Kier alpha value is -3.91. The summed E-state index contributed by atoms with van der Waals surface area (Å²) >= 11 is 6.11. The third-order valence-corrected chi connectivity index (χ3v) is 5.47. The van der Waals surface area contributed by atoms with Gasteiger partial charge in [0.25, 0.3) is 11.4 Å². The van der Waals surface area contributed by atoms with Crippen LogP contribution in [-0.2, 0) is 11.3 Å². The molecule has 9 heteroatoms. The summed E-state index contributed by atoms with van der Waals surface area (Å²) in [6.45, 7) is 3.36. The van der Waals surface area contributed by atoms with Crippen LogP contribution in [0.3, 0.4) is 0 Å². The summed E-state index contributed by atoms with van der Waals surface area (Å²) in [4.78, 5) is 30.3. The quantitative estimate of drug-likeness (QED) is 0.451. The van der Waals surface area contributed by atoms with Crippen molar-refractivity contribution in [3.8, 4) is 28.6 Å². The first-order chi connectivity index (χ1) is 15.9. The van der Waals surface area contributed by atoms with Crippen molar-refractivity contribution < 1.29 is 14.1 Å². The van der Waals surface area contributed by atoms with Gasteiger partial charge in [0.2, 0.25) is 11.7 Å². The molecular formula is C24H21ClN4O4. The molecule has 0 aliphatic rings. The third kappa shape index (κ3) is 4.65. The normalized spacial score (nSPS) is 10.8. The fraction of sp³-hybridized carbons (Fsp3) is 0.167. The van der Waals surface area contributed by atoms with E-state index in [1.165, 1.54) is 4.57 Å². The molecule has 168 valence electrons. The average molecular weight is 465 g/mol. The molecular weight excluding hydrogens is 444 g/mol. The molecule has 33 heavy (non-hydrogen) atoms. The Morgan fingerprint density at radius 1 is 1.15 bits per heavy atom. The Bertz CT molecular complexity index is 1380. The molecule has 0 unspecified atom stereocenters. The Kier molecular flexibility index (Phi) is 6.28. The molecule has 4 aromatic rings. The number of aryl methyl sites for hydroxylation is 2. The van der Waals surface area contributed by atoms with E-state index in [-0.39, 0.29) is 23.9 Å². The third-order valence-electron chi connectivity index (χ3n) is 5.14. The van der Waals surface area contributed by atoms with E-state index in [4.69, 9.17) is 20.9 Å². The lowest BCUT2D eigenvalue weighted by molar-refractivity contribution is -0.116. The summed E-state index contributed by atoms with van der Waals surface area (Å²) in [5, 5.41) is 7.15. The summed E-state index contributed by atoms with van der Waals surface area (Å²) < 4.78 is 11.9. The predicted molar refractivity (Wildman–Crippen MR) is 126 cm³/mol. The van der Waals surface area contributed by atoms with Gasteiger partial charge in [0.05, 0.1) is 17.8 Å². The lowest BCUT2D eigenvalue weighted by Gasteiger charge is -2.13. The number of nitrogens with zero attached hydrogens (tertiary/aromatic N) is 3. The van der Waals surface area contributed by atoms with Gasteiger partial charge in [-0.25, -0.2) is 0 Å². The lowest BCUT2D eigenvalue weighted by atomic mass is 10.1. The van der Waals surface area contributed by atoms with Crippen LogP contribution in [0.1, 0.15) is 11.3 Å². The number of halogens is 1. The number of methoxy groups -OCH3 is 1. The lowest BCUT2D eigenvalue weighted by Crippen LogP contribution is -2.30. The predicted octanol–water partition coefficient (Wildman–Crippen LogP) is 4.48. The second-order valence-electron chi connectivity index (χ2n) is 7.41. The van der Waals surface area contributed by atoms with Crippen molar-refractivity contribution in [2.45, 2.75) is 20.4 Å². The van der Waals surface area contributed by atoms with Gasteiger partial charge < -0.3 is 19.1 Å². The molecule has 0 saturated heterocycles. The van der Waals surface area contributed by atoms with Gasteiger partial charge in [-0.3, -0.25) is 9.59 Å². The average Bonchev–Trinajstić information content (AvgIpc) is 3.28. The minimum atomic E-state index is -0.397. The largest absolute Gasteiger partial charge is 0.497 e. The number of benzene rings is 2. The molecule has 0 fully saturated rings. The van der Waals surface area contributed by atoms with E-state index < -0.39 is 5.56 Å². The fourth-order valence-corrected chi connectivity index (χ4v) is 3.65. The number of hydrogen-bond acceptors (Lipinski definition) is 6. The number of amides is 1. The van der Waals surface area contributed by atoms with Crippen molar-refractivity contribution in [2.75, 3.05) is 12.4 Å². The second-order valence-corrected chi connectivity index (χ2v) is 7.82. The highest BCUT2D eigenvalue weighted by molar-refractivity contribution is 6.33. The molecule has 0 bridgehead atoms. The van der Waals surface area contributed by atoms with Crippen LogP contribution in [0.5, 0.6) is 5.75 Å². The van der Waals surface area contributed by atoms with Crippen LogP contribution in [-0.4, -0.2) is 27.7 Å². The molecule has 2 heterocycles. The van der Waals surface area contributed by atoms with Crippen molar-refractivity contribution in [3.05, 3.63) is 81.2 Å². The van der Waals surface area contributed by atoms with E-state index in [9.17, 15) is 9.59 Å². The summed E-state index contributed by atoms with van der Waals surface area (Å²) in [6, 6.07) is 15.9. The van der Waals surface area contributed by atoms with Gasteiger partial charge in [-0.15, -0.1) is 0 Å². The molecule has 8 nitrogen and oxygen atoms in total. The van der Waals surface area contributed by atoms with Crippen molar-refractivity contribution in [3.63, 3.8) is 0 Å². The van der Waals surface area contributed by atoms with Crippen LogP contribution in [0.2, 0.25) is 5.02 Å². The molecule has 0 atom stereocenters. The minimum Gasteiger partial charge on any atom is -0.497 e. The summed E-state index contributed by atoms with van der Waals surface area (Å²) in [5.41, 5.74) is 2.35. The van der Waals surface area contributed by atoms with Crippen molar-refractivity contribution in [1.82, 2.24) is 14.7 Å². The first kappa shape index (κ1) is 22.3. The number of hydrogen-bond donors (Lipinski definition) is 1. The molecule has 1 N–H and O–H groups in total. The highest BCUT2D eigenvalue weighted by Gasteiger charge is 2.20. The van der Waals surface area contributed by atoms with Gasteiger partial charge in [0.1, 0.15) is 17.9 Å². The maximum atomic E-state index is 13.3. The van der Waals surface area contributed by atoms with Crippen molar-refractivity contribution in [2.24, 2.45) is 0 Å². The summed E-state index contributed by atoms with van der Waals surface area (Å²) in [6.07, 6.45) is 0. The van der Waals surface area contributed by atoms with E-state index in [0.717, 1.165) is 5.56 Å². The van der Waals surface area contributed by atoms with Gasteiger partial charge in [0, 0.05) is 11.3 Å². The van der Waals surface area contributed by atoms with Crippen LogP contribution < -0.4 is 15.6 Å². The first-order valence-corrected chi connectivity index (χ1v) is 10.5. The highest BCUT2D eigenvalue weighted by Crippen LogP contribution is 2.25. The maximum absolute atomic E-state index is 13.3. The monoisotopic (exact) mass is 464 g/mol. The zero-order valence-corrected chi connectivity index (χ0v) is 19.0. The van der Waals surface area contributed by atoms with E-state index in [1.54, 1.807) is 75.6 Å². The zero-order chi connectivity index (χ0) is 23.5. The maximum Gasteiger partial charge on any atom is 0.264 e. The SMILES string of the molecule is COc1ccc(-c2noc(-c3c(C)cc(C)n(CC(=O)Nc4ccccc4Cl)c3=O)n2)cc1. The number of aromatic nitrogens is 3. The number of rotatable bonds is 6. The molecule has 1 amide bonds. The molecule has 0 saturated carbocycles. The van der Waals surface area contributed by atoms with Crippen LogP contribution in [0, 0.1) is 13.8 Å². The number of ether oxygens (including phenoxy) is 1. The van der Waals surface area contributed by atoms with Gasteiger partial charge in [0.15, 0.2) is 0 Å². The number of carbonyl (C=O) groups excluding carboxylic acids is 1. The Morgan fingerprint density at radius 2 is 1.88 bits per heavy atom. The van der Waals surface area contributed by atoms with Gasteiger partial charge in [-0.05, 0) is 61.9 Å². The van der Waals surface area contributed by atoms with Crippen LogP contribution >= 0.6 is 11.6 Å². The number of carbonyl (C=O) groups is 1. The molecule has 0 spiro atoms. The molecule has 2 aromatic heterocycles. The van der Waals surface area contributed by atoms with Crippen molar-refractivity contribution >= 4 is 23.2 Å². The van der Waals surface area contributed by atoms with Crippen LogP contribution in [0.4, 0.5) is 5.69 Å². The second kappa shape index (κ2) is 9.30. The summed E-state index contributed by atoms with van der Waals surface area (Å²) in [5.74, 6) is 0.751. The summed E-state index contributed by atoms with van der Waals surface area (Å²) in [7, 11) is 1.58. The van der Waals surface area contributed by atoms with E-state index >= 15 is 0 Å². The number of pyridine rings is 1. The molecule has 2 aromatic carbocycles. The first-order valence-electron chi connectivity index (χ1n) is 10.1. The smallest absolute Gasteiger partial charge is 0.264 e. The van der Waals surface area contributed by atoms with Crippen LogP contribution in [0.25, 0.3) is 22.8 Å². The minimum absolute atomic E-state index is 0.0866. The number of nitrogens with one attached hydrogen (secondary N) is 1. The van der Waals surface area contributed by atoms with E-state index in [2.05, 4.69) is 15.5 Å². The Morgan fingerprint density at radius 3 is 2.58 bits per heavy atom.